The highest BCUT2D eigenvalue weighted by atomic mass is 19.1. The van der Waals surface area contributed by atoms with E-state index in [0.717, 1.165) is 18.5 Å². The lowest BCUT2D eigenvalue weighted by atomic mass is 9.96. The molecule has 2 aromatic carbocycles. The van der Waals surface area contributed by atoms with E-state index in [-0.39, 0.29) is 17.3 Å². The van der Waals surface area contributed by atoms with E-state index < -0.39 is 11.7 Å². The maximum absolute atomic E-state index is 15.4. The molecule has 3 N–H and O–H groups in total. The minimum atomic E-state index is -0.798. The van der Waals surface area contributed by atoms with Crippen molar-refractivity contribution >= 4 is 17.4 Å². The third-order valence-electron chi connectivity index (χ3n) is 6.70. The van der Waals surface area contributed by atoms with Crippen molar-refractivity contribution in [2.45, 2.75) is 25.3 Å². The SMILES string of the molecule is Cn1nccc1CNc1nc(-c2ccc(F)cc2)cn2c(-c3ccc(C(N)=O)c(F)c3C3CC3)cnc12. The minimum absolute atomic E-state index is 0.0145. The van der Waals surface area contributed by atoms with Crippen LogP contribution in [0.3, 0.4) is 0 Å². The minimum Gasteiger partial charge on any atom is -0.366 e. The predicted octanol–water partition coefficient (Wildman–Crippen LogP) is 4.66. The van der Waals surface area contributed by atoms with E-state index in [1.54, 1.807) is 41.5 Å². The number of carbonyl (C=O) groups excluding carboxylic acids is 1. The molecule has 0 bridgehead atoms. The summed E-state index contributed by atoms with van der Waals surface area (Å²) < 4.78 is 32.7. The van der Waals surface area contributed by atoms with Gasteiger partial charge in [0.15, 0.2) is 11.5 Å². The Morgan fingerprint density at radius 1 is 1.14 bits per heavy atom. The van der Waals surface area contributed by atoms with Gasteiger partial charge < -0.3 is 11.1 Å². The van der Waals surface area contributed by atoms with Gasteiger partial charge in [-0.2, -0.15) is 5.10 Å². The number of nitrogens with one attached hydrogen (secondary N) is 1. The summed E-state index contributed by atoms with van der Waals surface area (Å²) in [5, 5.41) is 7.54. The van der Waals surface area contributed by atoms with Gasteiger partial charge in [-0.25, -0.2) is 18.7 Å². The Bertz CT molecular complexity index is 1650. The summed E-state index contributed by atoms with van der Waals surface area (Å²) in [6, 6.07) is 11.1. The van der Waals surface area contributed by atoms with E-state index in [0.29, 0.717) is 46.1 Å². The Hall–Kier alpha value is -4.60. The number of aromatic nitrogens is 5. The lowest BCUT2D eigenvalue weighted by molar-refractivity contribution is 0.0996. The van der Waals surface area contributed by atoms with Crippen molar-refractivity contribution in [2.75, 3.05) is 5.32 Å². The number of nitrogens with zero attached hydrogens (tertiary/aromatic N) is 5. The molecule has 1 fully saturated rings. The number of benzene rings is 2. The Morgan fingerprint density at radius 3 is 2.59 bits per heavy atom. The lowest BCUT2D eigenvalue weighted by Gasteiger charge is -2.14. The first kappa shape index (κ1) is 22.8. The van der Waals surface area contributed by atoms with E-state index in [4.69, 9.17) is 10.7 Å². The van der Waals surface area contributed by atoms with Gasteiger partial charge in [0.25, 0.3) is 5.91 Å². The molecule has 3 heterocycles. The molecule has 37 heavy (non-hydrogen) atoms. The fraction of sp³-hybridized carbons (Fsp3) is 0.185. The number of aryl methyl sites for hydroxylation is 1. The van der Waals surface area contributed by atoms with Crippen LogP contribution in [-0.4, -0.2) is 30.1 Å². The molecule has 0 saturated heterocycles. The molecule has 0 radical (unpaired) electrons. The molecule has 6 rings (SSSR count). The number of imidazole rings is 1. The quantitative estimate of drug-likeness (QED) is 0.339. The van der Waals surface area contributed by atoms with Crippen molar-refractivity contribution in [3.05, 3.63) is 89.5 Å². The fourth-order valence-electron chi connectivity index (χ4n) is 4.59. The molecule has 1 amide bonds. The van der Waals surface area contributed by atoms with E-state index in [2.05, 4.69) is 15.4 Å². The van der Waals surface area contributed by atoms with Crippen LogP contribution < -0.4 is 11.1 Å². The number of carbonyl (C=O) groups is 1. The highest BCUT2D eigenvalue weighted by Gasteiger charge is 2.32. The first-order valence-corrected chi connectivity index (χ1v) is 11.9. The fourth-order valence-corrected chi connectivity index (χ4v) is 4.59. The van der Waals surface area contributed by atoms with E-state index in [1.165, 1.54) is 18.2 Å². The molecule has 5 aromatic rings. The van der Waals surface area contributed by atoms with Gasteiger partial charge in [0.2, 0.25) is 0 Å². The number of fused-ring (bicyclic) bond motifs is 1. The molecular formula is C27H23F2N7O. The standard InChI is InChI=1S/C27H23F2N7O/c1-35-18(10-11-33-35)12-31-26-27-32-13-22(36(27)14-21(34-26)15-4-6-17(28)7-5-15)19-8-9-20(25(30)37)24(29)23(19)16-2-3-16/h4-11,13-14,16H,2-3,12H2,1H3,(H2,30,37)(H,31,34). The smallest absolute Gasteiger partial charge is 0.251 e. The third-order valence-corrected chi connectivity index (χ3v) is 6.70. The average Bonchev–Trinajstić information content (AvgIpc) is 3.49. The summed E-state index contributed by atoms with van der Waals surface area (Å²) in [7, 11) is 1.85. The van der Waals surface area contributed by atoms with E-state index >= 15 is 4.39 Å². The summed E-state index contributed by atoms with van der Waals surface area (Å²) >= 11 is 0. The van der Waals surface area contributed by atoms with E-state index in [1.807, 2.05) is 17.5 Å². The molecule has 8 nitrogen and oxygen atoms in total. The maximum atomic E-state index is 15.4. The third kappa shape index (κ3) is 4.10. The van der Waals surface area contributed by atoms with Crippen molar-refractivity contribution in [1.29, 1.82) is 0 Å². The average molecular weight is 500 g/mol. The monoisotopic (exact) mass is 499 g/mol. The number of rotatable bonds is 7. The van der Waals surface area contributed by atoms with Crippen LogP contribution in [0.5, 0.6) is 0 Å². The summed E-state index contributed by atoms with van der Waals surface area (Å²) in [5.41, 5.74) is 9.86. The highest BCUT2D eigenvalue weighted by molar-refractivity contribution is 5.94. The zero-order valence-corrected chi connectivity index (χ0v) is 19.9. The number of hydrogen-bond acceptors (Lipinski definition) is 5. The summed E-state index contributed by atoms with van der Waals surface area (Å²) in [6.45, 7) is 0.448. The molecular weight excluding hydrogens is 476 g/mol. The normalized spacial score (nSPS) is 13.3. The molecule has 1 aliphatic rings. The van der Waals surface area contributed by atoms with Gasteiger partial charge in [-0.1, -0.05) is 6.07 Å². The van der Waals surface area contributed by atoms with Crippen molar-refractivity contribution in [3.63, 3.8) is 0 Å². The van der Waals surface area contributed by atoms with Gasteiger partial charge in [0.1, 0.15) is 11.6 Å². The van der Waals surface area contributed by atoms with Gasteiger partial charge in [-0.15, -0.1) is 0 Å². The van der Waals surface area contributed by atoms with Crippen molar-refractivity contribution in [3.8, 4) is 22.5 Å². The molecule has 3 aromatic heterocycles. The summed E-state index contributed by atoms with van der Waals surface area (Å²) in [4.78, 5) is 21.2. The molecule has 1 aliphatic carbocycles. The van der Waals surface area contributed by atoms with Crippen LogP contribution in [-0.2, 0) is 13.6 Å². The second-order valence-electron chi connectivity index (χ2n) is 9.15. The predicted molar refractivity (Wildman–Crippen MR) is 135 cm³/mol. The van der Waals surface area contributed by atoms with Crippen LogP contribution in [0.4, 0.5) is 14.6 Å². The first-order chi connectivity index (χ1) is 17.9. The maximum Gasteiger partial charge on any atom is 0.251 e. The highest BCUT2D eigenvalue weighted by Crippen LogP contribution is 2.46. The second-order valence-corrected chi connectivity index (χ2v) is 9.15. The van der Waals surface area contributed by atoms with Crippen LogP contribution in [0, 0.1) is 11.6 Å². The van der Waals surface area contributed by atoms with Crippen LogP contribution >= 0.6 is 0 Å². The number of amides is 1. The Labute approximate surface area is 210 Å². The van der Waals surface area contributed by atoms with Crippen molar-refractivity contribution in [2.24, 2.45) is 12.8 Å². The van der Waals surface area contributed by atoms with Crippen LogP contribution in [0.25, 0.3) is 28.2 Å². The van der Waals surface area contributed by atoms with Gasteiger partial charge in [-0.05, 0) is 55.2 Å². The lowest BCUT2D eigenvalue weighted by Crippen LogP contribution is -2.14. The number of hydrogen-bond donors (Lipinski definition) is 2. The molecule has 1 saturated carbocycles. The van der Waals surface area contributed by atoms with Gasteiger partial charge >= 0.3 is 0 Å². The Morgan fingerprint density at radius 2 is 1.92 bits per heavy atom. The largest absolute Gasteiger partial charge is 0.366 e. The van der Waals surface area contributed by atoms with Gasteiger partial charge in [0.05, 0.1) is 35.4 Å². The molecule has 10 heteroatoms. The Kier molecular flexibility index (Phi) is 5.44. The number of primary amides is 1. The molecule has 0 atom stereocenters. The Balaban J connectivity index is 1.53. The van der Waals surface area contributed by atoms with Crippen LogP contribution in [0.2, 0.25) is 0 Å². The van der Waals surface area contributed by atoms with Crippen molar-refractivity contribution in [1.82, 2.24) is 24.1 Å². The molecule has 0 aliphatic heterocycles. The van der Waals surface area contributed by atoms with Gasteiger partial charge in [-0.3, -0.25) is 13.9 Å². The first-order valence-electron chi connectivity index (χ1n) is 11.9. The number of halogens is 2. The van der Waals surface area contributed by atoms with Crippen LogP contribution in [0.15, 0.2) is 61.1 Å². The number of anilines is 1. The summed E-state index contributed by atoms with van der Waals surface area (Å²) in [5.74, 6) is -1.20. The van der Waals surface area contributed by atoms with Gasteiger partial charge in [0, 0.05) is 36.1 Å². The number of nitrogens with two attached hydrogens (primary N) is 1. The second kappa shape index (κ2) is 8.81. The van der Waals surface area contributed by atoms with Crippen molar-refractivity contribution < 1.29 is 13.6 Å². The zero-order valence-electron chi connectivity index (χ0n) is 19.9. The molecule has 0 spiro atoms. The van der Waals surface area contributed by atoms with Crippen LogP contribution in [0.1, 0.15) is 40.4 Å². The topological polar surface area (TPSA) is 103 Å². The van der Waals surface area contributed by atoms with E-state index in [9.17, 15) is 9.18 Å². The molecule has 186 valence electrons. The molecule has 0 unspecified atom stereocenters. The summed E-state index contributed by atoms with van der Waals surface area (Å²) in [6.07, 6.45) is 6.86. The zero-order chi connectivity index (χ0) is 25.7.